The smallest absolute Gasteiger partial charge is 0.0735 e. The van der Waals surface area contributed by atoms with Crippen molar-refractivity contribution in [1.82, 2.24) is 0 Å². The van der Waals surface area contributed by atoms with Crippen LogP contribution in [0.1, 0.15) is 22.3 Å². The first kappa shape index (κ1) is 17.3. The lowest BCUT2D eigenvalue weighted by atomic mass is 10.1. The van der Waals surface area contributed by atoms with E-state index < -0.39 is 0 Å². The minimum absolute atomic E-state index is 0.520. The lowest BCUT2D eigenvalue weighted by molar-refractivity contribution is 0.109. The van der Waals surface area contributed by atoms with Gasteiger partial charge >= 0.3 is 0 Å². The molecule has 25 heavy (non-hydrogen) atoms. The van der Waals surface area contributed by atoms with Gasteiger partial charge in [0.25, 0.3) is 0 Å². The number of hydrogen-bond donors (Lipinski definition) is 0. The van der Waals surface area contributed by atoms with Gasteiger partial charge in [-0.3, -0.25) is 0 Å². The van der Waals surface area contributed by atoms with Gasteiger partial charge in [-0.15, -0.1) is 45.9 Å². The summed E-state index contributed by atoms with van der Waals surface area (Å²) in [6.45, 7) is 1.17. The van der Waals surface area contributed by atoms with Crippen LogP contribution in [-0.2, 0) is 29.7 Å². The third-order valence-electron chi connectivity index (χ3n) is 4.20. The predicted molar refractivity (Wildman–Crippen MR) is 111 cm³/mol. The van der Waals surface area contributed by atoms with Crippen molar-refractivity contribution in [3.8, 4) is 0 Å². The van der Waals surface area contributed by atoms with E-state index in [2.05, 4.69) is 47.2 Å². The molecule has 2 heterocycles. The minimum Gasteiger partial charge on any atom is -0.372 e. The molecule has 1 nitrogen and oxygen atoms in total. The SMILES string of the molecule is ClCc1cc(COCc2cc(CCl)cc3ccsc23)c2sccc2c1. The Morgan fingerprint density at radius 3 is 1.64 bits per heavy atom. The highest BCUT2D eigenvalue weighted by molar-refractivity contribution is 7.17. The van der Waals surface area contributed by atoms with Crippen molar-refractivity contribution in [2.45, 2.75) is 25.0 Å². The molecule has 0 aliphatic rings. The molecule has 0 N–H and O–H groups in total. The van der Waals surface area contributed by atoms with Crippen LogP contribution in [0.25, 0.3) is 20.2 Å². The second-order valence-electron chi connectivity index (χ2n) is 5.95. The lowest BCUT2D eigenvalue weighted by Gasteiger charge is -2.10. The highest BCUT2D eigenvalue weighted by atomic mass is 35.5. The van der Waals surface area contributed by atoms with Crippen molar-refractivity contribution in [3.05, 3.63) is 69.4 Å². The second-order valence-corrected chi connectivity index (χ2v) is 8.31. The molecule has 128 valence electrons. The molecule has 0 aliphatic carbocycles. The van der Waals surface area contributed by atoms with Crippen LogP contribution in [0, 0.1) is 0 Å². The Hall–Kier alpha value is -1.10. The summed E-state index contributed by atoms with van der Waals surface area (Å²) < 4.78 is 8.65. The largest absolute Gasteiger partial charge is 0.372 e. The number of ether oxygens (including phenoxy) is 1. The quantitative estimate of drug-likeness (QED) is 0.305. The van der Waals surface area contributed by atoms with Crippen LogP contribution < -0.4 is 0 Å². The van der Waals surface area contributed by atoms with Crippen LogP contribution in [0.3, 0.4) is 0 Å². The maximum absolute atomic E-state index is 6.09. The van der Waals surface area contributed by atoms with Crippen molar-refractivity contribution < 1.29 is 4.74 Å². The van der Waals surface area contributed by atoms with E-state index in [4.69, 9.17) is 27.9 Å². The molecule has 0 fully saturated rings. The van der Waals surface area contributed by atoms with Crippen molar-refractivity contribution in [2.75, 3.05) is 0 Å². The molecule has 2 aromatic heterocycles. The Kier molecular flexibility index (Phi) is 5.30. The average Bonchev–Trinajstić information content (AvgIpc) is 3.30. The number of benzene rings is 2. The number of fused-ring (bicyclic) bond motifs is 2. The lowest BCUT2D eigenvalue weighted by Crippen LogP contribution is -1.96. The zero-order valence-corrected chi connectivity index (χ0v) is 16.6. The molecule has 0 amide bonds. The molecule has 0 radical (unpaired) electrons. The fraction of sp³-hybridized carbons (Fsp3) is 0.200. The maximum atomic E-state index is 6.09. The van der Waals surface area contributed by atoms with E-state index in [-0.39, 0.29) is 0 Å². The van der Waals surface area contributed by atoms with E-state index in [0.717, 1.165) is 11.1 Å². The Balaban J connectivity index is 1.57. The van der Waals surface area contributed by atoms with Crippen molar-refractivity contribution in [2.24, 2.45) is 0 Å². The summed E-state index contributed by atoms with van der Waals surface area (Å²) in [5.74, 6) is 1.04. The summed E-state index contributed by atoms with van der Waals surface area (Å²) in [4.78, 5) is 0. The molecule has 0 bridgehead atoms. The van der Waals surface area contributed by atoms with Gasteiger partial charge < -0.3 is 4.74 Å². The van der Waals surface area contributed by atoms with Crippen LogP contribution in [-0.4, -0.2) is 0 Å². The van der Waals surface area contributed by atoms with Gasteiger partial charge in [-0.2, -0.15) is 0 Å². The number of halogens is 2. The summed E-state index contributed by atoms with van der Waals surface area (Å²) >= 11 is 15.6. The van der Waals surface area contributed by atoms with Crippen LogP contribution >= 0.6 is 45.9 Å². The van der Waals surface area contributed by atoms with E-state index >= 15 is 0 Å². The van der Waals surface area contributed by atoms with Gasteiger partial charge in [-0.25, -0.2) is 0 Å². The van der Waals surface area contributed by atoms with Gasteiger partial charge in [0.2, 0.25) is 0 Å². The number of hydrogen-bond acceptors (Lipinski definition) is 3. The zero-order valence-electron chi connectivity index (χ0n) is 13.4. The highest BCUT2D eigenvalue weighted by Gasteiger charge is 2.09. The molecule has 0 atom stereocenters. The maximum Gasteiger partial charge on any atom is 0.0735 e. The normalized spacial score (nSPS) is 11.6. The first-order valence-electron chi connectivity index (χ1n) is 7.96. The van der Waals surface area contributed by atoms with Gasteiger partial charge in [0.05, 0.1) is 13.2 Å². The molecule has 0 unspecified atom stereocenters. The Morgan fingerprint density at radius 1 is 0.720 bits per heavy atom. The van der Waals surface area contributed by atoms with Crippen LogP contribution in [0.2, 0.25) is 0 Å². The van der Waals surface area contributed by atoms with Gasteiger partial charge in [0.15, 0.2) is 0 Å². The van der Waals surface area contributed by atoms with Crippen LogP contribution in [0.15, 0.2) is 47.2 Å². The Labute approximate surface area is 164 Å². The summed E-state index contributed by atoms with van der Waals surface area (Å²) in [5.41, 5.74) is 4.69. The molecule has 2 aromatic carbocycles. The first-order valence-corrected chi connectivity index (χ1v) is 10.8. The Bertz CT molecular complexity index is 937. The molecule has 4 rings (SSSR count). The molecule has 0 spiro atoms. The summed E-state index contributed by atoms with van der Waals surface area (Å²) in [6.07, 6.45) is 0. The molecular weight excluding hydrogens is 391 g/mol. The van der Waals surface area contributed by atoms with E-state index in [1.54, 1.807) is 22.7 Å². The summed E-state index contributed by atoms with van der Waals surface area (Å²) in [5, 5.41) is 6.72. The van der Waals surface area contributed by atoms with E-state index in [0.29, 0.717) is 25.0 Å². The summed E-state index contributed by atoms with van der Waals surface area (Å²) in [7, 11) is 0. The molecule has 4 aromatic rings. The molecule has 5 heteroatoms. The monoisotopic (exact) mass is 406 g/mol. The summed E-state index contributed by atoms with van der Waals surface area (Å²) in [6, 6.07) is 12.9. The minimum atomic E-state index is 0.520. The number of rotatable bonds is 6. The highest BCUT2D eigenvalue weighted by Crippen LogP contribution is 2.30. The van der Waals surface area contributed by atoms with E-state index in [1.807, 2.05) is 0 Å². The van der Waals surface area contributed by atoms with Crippen molar-refractivity contribution in [3.63, 3.8) is 0 Å². The third kappa shape index (κ3) is 3.57. The van der Waals surface area contributed by atoms with E-state index in [1.165, 1.54) is 31.3 Å². The predicted octanol–water partition coefficient (Wildman–Crippen LogP) is 7.31. The first-order chi connectivity index (χ1) is 12.3. The number of thiophene rings is 2. The second kappa shape index (κ2) is 7.65. The van der Waals surface area contributed by atoms with Crippen molar-refractivity contribution in [1.29, 1.82) is 0 Å². The topological polar surface area (TPSA) is 9.23 Å². The van der Waals surface area contributed by atoms with Gasteiger partial charge in [-0.05, 0) is 68.1 Å². The van der Waals surface area contributed by atoms with Crippen molar-refractivity contribution >= 4 is 66.0 Å². The van der Waals surface area contributed by atoms with Gasteiger partial charge in [0.1, 0.15) is 0 Å². The average molecular weight is 407 g/mol. The van der Waals surface area contributed by atoms with Gasteiger partial charge in [-0.1, -0.05) is 12.1 Å². The fourth-order valence-corrected chi connectivity index (χ4v) is 5.16. The van der Waals surface area contributed by atoms with Gasteiger partial charge in [0, 0.05) is 21.2 Å². The third-order valence-corrected chi connectivity index (χ3v) is 6.83. The van der Waals surface area contributed by atoms with E-state index in [9.17, 15) is 0 Å². The number of alkyl halides is 2. The molecular formula is C20H16Cl2OS2. The van der Waals surface area contributed by atoms with Crippen LogP contribution in [0.4, 0.5) is 0 Å². The fourth-order valence-electron chi connectivity index (χ4n) is 3.09. The molecule has 0 saturated carbocycles. The zero-order chi connectivity index (χ0) is 17.2. The Morgan fingerprint density at radius 2 is 1.20 bits per heavy atom. The standard InChI is InChI=1S/C20H16Cl2OS2/c21-9-13-5-15-1-3-24-19(15)17(7-13)11-23-12-18-8-14(10-22)6-16-2-4-25-20(16)18/h1-8H,9-12H2. The van der Waals surface area contributed by atoms with Crippen LogP contribution in [0.5, 0.6) is 0 Å². The molecule has 0 aliphatic heterocycles. The molecule has 0 saturated heterocycles.